The molecule has 0 aromatic heterocycles. The zero-order chi connectivity index (χ0) is 18.5. The number of hydrogen-bond acceptors (Lipinski definition) is 4. The van der Waals surface area contributed by atoms with E-state index < -0.39 is 0 Å². The molecule has 1 amide bonds. The van der Waals surface area contributed by atoms with Gasteiger partial charge in [-0.25, -0.2) is 0 Å². The number of unbranched alkanes of at least 4 members (excludes halogenated alkanes) is 4. The standard InChI is InChI=1S/C20H24N4OS/c1-3-4-5-6-7-8-17-23-24-18(21)16(19(25)22-20(24)26-17)13-15-11-9-14(2)10-12-15/h9-13,21H,3-8H2,1-2H3/b16-13-,21-18?. The molecule has 5 nitrogen and oxygen atoms in total. The Kier molecular flexibility index (Phi) is 6.04. The normalized spacial score (nSPS) is 18.2. The zero-order valence-electron chi connectivity index (χ0n) is 15.3. The van der Waals surface area contributed by atoms with Crippen molar-refractivity contribution in [2.24, 2.45) is 10.1 Å². The van der Waals surface area contributed by atoms with Crippen molar-refractivity contribution in [2.75, 3.05) is 0 Å². The van der Waals surface area contributed by atoms with Gasteiger partial charge in [0.05, 0.1) is 5.57 Å². The maximum Gasteiger partial charge on any atom is 0.283 e. The lowest BCUT2D eigenvalue weighted by atomic mass is 10.1. The van der Waals surface area contributed by atoms with Crippen molar-refractivity contribution >= 4 is 39.8 Å². The lowest BCUT2D eigenvalue weighted by Crippen LogP contribution is -2.35. The molecule has 0 spiro atoms. The van der Waals surface area contributed by atoms with Crippen LogP contribution in [0.15, 0.2) is 39.9 Å². The van der Waals surface area contributed by atoms with Crippen LogP contribution in [0.5, 0.6) is 0 Å². The third-order valence-electron chi connectivity index (χ3n) is 4.38. The van der Waals surface area contributed by atoms with Crippen LogP contribution in [0.1, 0.15) is 56.6 Å². The van der Waals surface area contributed by atoms with Crippen LogP contribution in [0.2, 0.25) is 0 Å². The van der Waals surface area contributed by atoms with Crippen molar-refractivity contribution in [3.8, 4) is 0 Å². The third-order valence-corrected chi connectivity index (χ3v) is 5.35. The van der Waals surface area contributed by atoms with Gasteiger partial charge in [-0.1, -0.05) is 62.4 Å². The lowest BCUT2D eigenvalue weighted by Gasteiger charge is -2.20. The van der Waals surface area contributed by atoms with Gasteiger partial charge in [0.15, 0.2) is 5.84 Å². The molecule has 136 valence electrons. The summed E-state index contributed by atoms with van der Waals surface area (Å²) in [6, 6.07) is 7.84. The molecule has 0 aliphatic carbocycles. The zero-order valence-corrected chi connectivity index (χ0v) is 16.1. The van der Waals surface area contributed by atoms with E-state index in [1.165, 1.54) is 42.5 Å². The van der Waals surface area contributed by atoms with Crippen molar-refractivity contribution in [1.29, 1.82) is 5.41 Å². The number of benzene rings is 1. The predicted molar refractivity (Wildman–Crippen MR) is 110 cm³/mol. The number of nitrogens with one attached hydrogen (secondary N) is 1. The second-order valence-corrected chi connectivity index (χ2v) is 7.63. The molecule has 0 unspecified atom stereocenters. The highest BCUT2D eigenvalue weighted by atomic mass is 32.2. The van der Waals surface area contributed by atoms with E-state index in [0.717, 1.165) is 29.0 Å². The summed E-state index contributed by atoms with van der Waals surface area (Å²) in [6.07, 6.45) is 8.61. The van der Waals surface area contributed by atoms with E-state index in [1.54, 1.807) is 6.08 Å². The molecule has 2 aliphatic rings. The number of rotatable bonds is 7. The molecule has 1 N–H and O–H groups in total. The summed E-state index contributed by atoms with van der Waals surface area (Å²) in [4.78, 5) is 16.5. The van der Waals surface area contributed by atoms with Gasteiger partial charge in [-0.3, -0.25) is 10.2 Å². The van der Waals surface area contributed by atoms with Crippen LogP contribution in [0, 0.1) is 12.3 Å². The highest BCUT2D eigenvalue weighted by Crippen LogP contribution is 2.30. The number of fused-ring (bicyclic) bond motifs is 1. The average Bonchev–Trinajstić information content (AvgIpc) is 3.03. The fourth-order valence-electron chi connectivity index (χ4n) is 2.84. The Labute approximate surface area is 158 Å². The molecule has 0 atom stereocenters. The van der Waals surface area contributed by atoms with Gasteiger partial charge in [0.25, 0.3) is 5.91 Å². The van der Waals surface area contributed by atoms with Gasteiger partial charge >= 0.3 is 0 Å². The number of carbonyl (C=O) groups is 1. The van der Waals surface area contributed by atoms with Crippen LogP contribution in [0.4, 0.5) is 0 Å². The summed E-state index contributed by atoms with van der Waals surface area (Å²) >= 11 is 1.41. The van der Waals surface area contributed by atoms with Crippen LogP contribution in [-0.2, 0) is 4.79 Å². The first-order valence-corrected chi connectivity index (χ1v) is 9.96. The van der Waals surface area contributed by atoms with Gasteiger partial charge in [-0.05, 0) is 43.2 Å². The average molecular weight is 369 g/mol. The second-order valence-electron chi connectivity index (χ2n) is 6.59. The molecular formula is C20H24N4OS. The summed E-state index contributed by atoms with van der Waals surface area (Å²) in [5.41, 5.74) is 2.32. The van der Waals surface area contributed by atoms with E-state index in [4.69, 9.17) is 5.41 Å². The first-order chi connectivity index (χ1) is 12.6. The topological polar surface area (TPSA) is 68.9 Å². The van der Waals surface area contributed by atoms with Gasteiger partial charge in [-0.2, -0.15) is 15.1 Å². The second kappa shape index (κ2) is 8.45. The fourth-order valence-corrected chi connectivity index (χ4v) is 3.77. The SMILES string of the molecule is CCCCCCCC1=NN2C(=N)/C(=C/c3ccc(C)cc3)C(=O)N=C2S1. The Morgan fingerprint density at radius 2 is 1.88 bits per heavy atom. The van der Waals surface area contributed by atoms with Crippen molar-refractivity contribution in [3.05, 3.63) is 41.0 Å². The number of hydrogen-bond donors (Lipinski definition) is 1. The van der Waals surface area contributed by atoms with Gasteiger partial charge in [0.2, 0.25) is 5.17 Å². The maximum absolute atomic E-state index is 12.4. The number of nitrogens with zero attached hydrogens (tertiary/aromatic N) is 3. The largest absolute Gasteiger partial charge is 0.283 e. The molecule has 2 heterocycles. The number of aryl methyl sites for hydroxylation is 1. The summed E-state index contributed by atoms with van der Waals surface area (Å²) in [7, 11) is 0. The van der Waals surface area contributed by atoms with Crippen LogP contribution < -0.4 is 0 Å². The van der Waals surface area contributed by atoms with Crippen molar-refractivity contribution in [1.82, 2.24) is 5.01 Å². The van der Waals surface area contributed by atoms with Crippen LogP contribution in [0.3, 0.4) is 0 Å². The van der Waals surface area contributed by atoms with Crippen LogP contribution in [-0.4, -0.2) is 27.0 Å². The Hall–Kier alpha value is -2.21. The molecule has 0 saturated heterocycles. The predicted octanol–water partition coefficient (Wildman–Crippen LogP) is 4.97. The third kappa shape index (κ3) is 4.30. The summed E-state index contributed by atoms with van der Waals surface area (Å²) in [5, 5.41) is 15.8. The molecule has 6 heteroatoms. The van der Waals surface area contributed by atoms with E-state index in [0.29, 0.717) is 5.17 Å². The highest BCUT2D eigenvalue weighted by molar-refractivity contribution is 8.26. The van der Waals surface area contributed by atoms with E-state index in [9.17, 15) is 4.79 Å². The smallest absolute Gasteiger partial charge is 0.282 e. The van der Waals surface area contributed by atoms with Gasteiger partial charge in [0.1, 0.15) is 5.04 Å². The Morgan fingerprint density at radius 1 is 1.15 bits per heavy atom. The van der Waals surface area contributed by atoms with Gasteiger partial charge in [-0.15, -0.1) is 0 Å². The van der Waals surface area contributed by atoms with Crippen LogP contribution >= 0.6 is 11.8 Å². The first kappa shape index (κ1) is 18.6. The molecule has 0 bridgehead atoms. The van der Waals surface area contributed by atoms with E-state index in [1.807, 2.05) is 31.2 Å². The molecule has 1 aromatic carbocycles. The van der Waals surface area contributed by atoms with E-state index in [-0.39, 0.29) is 17.3 Å². The summed E-state index contributed by atoms with van der Waals surface area (Å²) in [6.45, 7) is 4.22. The maximum atomic E-state index is 12.4. The number of amides is 1. The lowest BCUT2D eigenvalue weighted by molar-refractivity contribution is -0.114. The fraction of sp³-hybridized carbons (Fsp3) is 0.400. The molecule has 0 saturated carbocycles. The summed E-state index contributed by atoms with van der Waals surface area (Å²) in [5.74, 6) is -0.261. The number of hydrazone groups is 1. The molecule has 0 fully saturated rings. The minimum absolute atomic E-state index is 0.106. The Bertz CT molecular complexity index is 793. The van der Waals surface area contributed by atoms with Gasteiger partial charge < -0.3 is 0 Å². The Balaban J connectivity index is 1.70. The van der Waals surface area contributed by atoms with Gasteiger partial charge in [0, 0.05) is 0 Å². The molecule has 0 radical (unpaired) electrons. The molecule has 2 aliphatic heterocycles. The first-order valence-electron chi connectivity index (χ1n) is 9.14. The van der Waals surface area contributed by atoms with E-state index in [2.05, 4.69) is 17.0 Å². The summed E-state index contributed by atoms with van der Waals surface area (Å²) < 4.78 is 0. The molecule has 26 heavy (non-hydrogen) atoms. The van der Waals surface area contributed by atoms with Crippen LogP contribution in [0.25, 0.3) is 6.08 Å². The molecule has 3 rings (SSSR count). The molecular weight excluding hydrogens is 344 g/mol. The number of thioether (sulfide) groups is 1. The number of amidine groups is 2. The minimum atomic E-state index is -0.367. The van der Waals surface area contributed by atoms with Crippen molar-refractivity contribution in [3.63, 3.8) is 0 Å². The molecule has 1 aromatic rings. The Morgan fingerprint density at radius 3 is 2.62 bits per heavy atom. The number of aliphatic imine (C=N–C) groups is 1. The van der Waals surface area contributed by atoms with E-state index >= 15 is 0 Å². The number of carbonyl (C=O) groups excluding carboxylic acids is 1. The minimum Gasteiger partial charge on any atom is -0.282 e. The quantitative estimate of drug-likeness (QED) is 0.545. The van der Waals surface area contributed by atoms with Crippen molar-refractivity contribution < 1.29 is 4.79 Å². The monoisotopic (exact) mass is 368 g/mol. The van der Waals surface area contributed by atoms with Crippen molar-refractivity contribution in [2.45, 2.75) is 52.4 Å². The highest BCUT2D eigenvalue weighted by Gasteiger charge is 2.35.